The number of anilines is 1. The summed E-state index contributed by atoms with van der Waals surface area (Å²) in [5.74, 6) is 0.663. The largest absolute Gasteiger partial charge is 0.367 e. The second-order valence-corrected chi connectivity index (χ2v) is 9.05. The Morgan fingerprint density at radius 3 is 2.36 bits per heavy atom. The molecule has 1 aromatic rings. The summed E-state index contributed by atoms with van der Waals surface area (Å²) < 4.78 is 14.8. The molecule has 0 aliphatic carbocycles. The highest BCUT2D eigenvalue weighted by Gasteiger charge is 2.20. The monoisotopic (exact) mass is 572 g/mol. The molecular weight excluding hydrogens is 530 g/mol. The lowest BCUT2D eigenvalue weighted by molar-refractivity contribution is 0.221. The summed E-state index contributed by atoms with van der Waals surface area (Å²) in [4.78, 5) is 11.7. The van der Waals surface area contributed by atoms with Crippen molar-refractivity contribution in [1.82, 2.24) is 20.4 Å². The molecule has 0 amide bonds. The van der Waals surface area contributed by atoms with Crippen LogP contribution in [0, 0.1) is 5.82 Å². The first-order valence-electron chi connectivity index (χ1n) is 12.2. The van der Waals surface area contributed by atoms with E-state index in [1.165, 1.54) is 5.57 Å². The highest BCUT2D eigenvalue weighted by Crippen LogP contribution is 2.22. The Bertz CT molecular complexity index is 770. The normalized spacial score (nSPS) is 18.7. The number of halogens is 2. The summed E-state index contributed by atoms with van der Waals surface area (Å²) >= 11 is 0. The van der Waals surface area contributed by atoms with E-state index in [0.717, 1.165) is 83.3 Å². The molecule has 1 aromatic carbocycles. The summed E-state index contributed by atoms with van der Waals surface area (Å²) in [7, 11) is 0. The second kappa shape index (κ2) is 14.1. The van der Waals surface area contributed by atoms with Crippen LogP contribution in [0.25, 0.3) is 0 Å². The first kappa shape index (κ1) is 27.9. The zero-order chi connectivity index (χ0) is 22.9. The Labute approximate surface area is 216 Å². The van der Waals surface area contributed by atoms with Gasteiger partial charge < -0.3 is 20.4 Å². The summed E-state index contributed by atoms with van der Waals surface area (Å²) in [6, 6.07) is 5.98. The van der Waals surface area contributed by atoms with Gasteiger partial charge in [-0.25, -0.2) is 9.38 Å². The molecule has 2 fully saturated rings. The Balaban J connectivity index is 0.00000385. The maximum absolute atomic E-state index is 14.8. The number of nitrogens with zero attached hydrogens (tertiary/aromatic N) is 4. The van der Waals surface area contributed by atoms with Crippen molar-refractivity contribution in [3.05, 3.63) is 41.7 Å². The number of piperidine rings is 1. The van der Waals surface area contributed by atoms with E-state index < -0.39 is 0 Å². The van der Waals surface area contributed by atoms with E-state index in [9.17, 15) is 4.39 Å². The van der Waals surface area contributed by atoms with Gasteiger partial charge in [0.2, 0.25) is 0 Å². The number of rotatable bonds is 8. The van der Waals surface area contributed by atoms with Crippen molar-refractivity contribution in [2.75, 3.05) is 63.8 Å². The average molecular weight is 573 g/mol. The van der Waals surface area contributed by atoms with Crippen molar-refractivity contribution >= 4 is 35.6 Å². The number of likely N-dealkylation sites (N-methyl/N-ethyl adjacent to an activating group) is 1. The predicted molar refractivity (Wildman–Crippen MR) is 148 cm³/mol. The molecule has 3 rings (SSSR count). The molecule has 0 aromatic heterocycles. The summed E-state index contributed by atoms with van der Waals surface area (Å²) in [6.45, 7) is 19.5. The fourth-order valence-electron chi connectivity index (χ4n) is 4.51. The molecule has 0 atom stereocenters. The van der Waals surface area contributed by atoms with E-state index in [0.29, 0.717) is 18.3 Å². The average Bonchev–Trinajstić information content (AvgIpc) is 2.79. The van der Waals surface area contributed by atoms with Gasteiger partial charge in [-0.1, -0.05) is 25.1 Å². The fourth-order valence-corrected chi connectivity index (χ4v) is 4.51. The van der Waals surface area contributed by atoms with Crippen LogP contribution < -0.4 is 15.5 Å². The predicted octanol–water partition coefficient (Wildman–Crippen LogP) is 3.68. The number of guanidine groups is 1. The van der Waals surface area contributed by atoms with Crippen molar-refractivity contribution in [2.24, 2.45) is 4.99 Å². The lowest BCUT2D eigenvalue weighted by Gasteiger charge is -2.35. The van der Waals surface area contributed by atoms with Crippen molar-refractivity contribution in [3.8, 4) is 0 Å². The zero-order valence-electron chi connectivity index (χ0n) is 20.6. The lowest BCUT2D eigenvalue weighted by Crippen LogP contribution is -2.48. The maximum Gasteiger partial charge on any atom is 0.191 e. The number of likely N-dealkylation sites (tertiary alicyclic amines) is 1. The van der Waals surface area contributed by atoms with Crippen LogP contribution in [-0.4, -0.2) is 80.7 Å². The quantitative estimate of drug-likeness (QED) is 0.216. The Kier molecular flexibility index (Phi) is 11.9. The van der Waals surface area contributed by atoms with Crippen LogP contribution in [0.5, 0.6) is 0 Å². The molecule has 2 heterocycles. The number of hydrogen-bond acceptors (Lipinski definition) is 4. The minimum Gasteiger partial charge on any atom is -0.367 e. The summed E-state index contributed by atoms with van der Waals surface area (Å²) in [6.07, 6.45) is 2.18. The van der Waals surface area contributed by atoms with Crippen molar-refractivity contribution in [1.29, 1.82) is 0 Å². The van der Waals surface area contributed by atoms with Gasteiger partial charge in [-0.05, 0) is 50.9 Å². The molecule has 0 saturated carbocycles. The zero-order valence-corrected chi connectivity index (χ0v) is 22.9. The third-order valence-electron chi connectivity index (χ3n) is 6.36. The smallest absolute Gasteiger partial charge is 0.191 e. The number of benzene rings is 1. The first-order chi connectivity index (χ1) is 15.5. The van der Waals surface area contributed by atoms with E-state index >= 15 is 0 Å². The van der Waals surface area contributed by atoms with Crippen LogP contribution in [0.15, 0.2) is 35.3 Å². The van der Waals surface area contributed by atoms with Gasteiger partial charge in [0.25, 0.3) is 0 Å². The fraction of sp³-hybridized carbons (Fsp3) is 0.640. The molecular formula is C25H42FIN6. The Morgan fingerprint density at radius 2 is 1.79 bits per heavy atom. The Morgan fingerprint density at radius 1 is 1.09 bits per heavy atom. The molecule has 33 heavy (non-hydrogen) atoms. The van der Waals surface area contributed by atoms with Gasteiger partial charge in [0, 0.05) is 58.4 Å². The molecule has 2 saturated heterocycles. The highest BCUT2D eigenvalue weighted by atomic mass is 127. The van der Waals surface area contributed by atoms with E-state index in [2.05, 4.69) is 52.7 Å². The second-order valence-electron chi connectivity index (χ2n) is 9.05. The topological polar surface area (TPSA) is 46.1 Å². The summed E-state index contributed by atoms with van der Waals surface area (Å²) in [5.41, 5.74) is 2.82. The molecule has 6 nitrogen and oxygen atoms in total. The van der Waals surface area contributed by atoms with Gasteiger partial charge in [0.1, 0.15) is 5.82 Å². The molecule has 186 valence electrons. The van der Waals surface area contributed by atoms with E-state index in [1.807, 2.05) is 12.1 Å². The molecule has 0 bridgehead atoms. The number of piperazine rings is 1. The molecule has 2 aliphatic rings. The molecule has 8 heteroatoms. The molecule has 2 aliphatic heterocycles. The third-order valence-corrected chi connectivity index (χ3v) is 6.36. The minimum absolute atomic E-state index is 0. The SMILES string of the molecule is C=C(C)CN1CCC(NC(=NCc2ccc(N3CCN(CC)CC3)c(F)c2)NCC)CC1.I. The number of hydrogen-bond donors (Lipinski definition) is 2. The van der Waals surface area contributed by atoms with Crippen LogP contribution >= 0.6 is 24.0 Å². The van der Waals surface area contributed by atoms with Crippen LogP contribution in [0.3, 0.4) is 0 Å². The summed E-state index contributed by atoms with van der Waals surface area (Å²) in [5, 5.41) is 6.91. The van der Waals surface area contributed by atoms with Crippen molar-refractivity contribution in [2.45, 2.75) is 46.2 Å². The van der Waals surface area contributed by atoms with Gasteiger partial charge in [0.05, 0.1) is 12.2 Å². The van der Waals surface area contributed by atoms with Crippen molar-refractivity contribution in [3.63, 3.8) is 0 Å². The van der Waals surface area contributed by atoms with Gasteiger partial charge in [-0.3, -0.25) is 4.90 Å². The van der Waals surface area contributed by atoms with Crippen LogP contribution in [0.2, 0.25) is 0 Å². The van der Waals surface area contributed by atoms with Crippen LogP contribution in [-0.2, 0) is 6.54 Å². The van der Waals surface area contributed by atoms with Crippen LogP contribution in [0.4, 0.5) is 10.1 Å². The first-order valence-corrected chi connectivity index (χ1v) is 12.2. The number of aliphatic imine (C=N–C) groups is 1. The molecule has 2 N–H and O–H groups in total. The van der Waals surface area contributed by atoms with Crippen LogP contribution in [0.1, 0.15) is 39.2 Å². The van der Waals surface area contributed by atoms with Crippen molar-refractivity contribution < 1.29 is 4.39 Å². The maximum atomic E-state index is 14.8. The van der Waals surface area contributed by atoms with E-state index in [-0.39, 0.29) is 29.8 Å². The molecule has 0 unspecified atom stereocenters. The van der Waals surface area contributed by atoms with E-state index in [4.69, 9.17) is 4.99 Å². The van der Waals surface area contributed by atoms with Gasteiger partial charge >= 0.3 is 0 Å². The molecule has 0 spiro atoms. The van der Waals surface area contributed by atoms with Gasteiger partial charge in [-0.2, -0.15) is 0 Å². The Hall–Kier alpha value is -1.39. The number of nitrogens with one attached hydrogen (secondary N) is 2. The highest BCUT2D eigenvalue weighted by molar-refractivity contribution is 14.0. The van der Waals surface area contributed by atoms with Gasteiger partial charge in [-0.15, -0.1) is 24.0 Å². The van der Waals surface area contributed by atoms with E-state index in [1.54, 1.807) is 6.07 Å². The lowest BCUT2D eigenvalue weighted by atomic mass is 10.0. The standard InChI is InChI=1S/C25H41FN6.HI/c1-5-27-25(29-22-9-11-31(12-10-22)19-20(3)4)28-18-21-7-8-24(23(26)17-21)32-15-13-30(6-2)14-16-32;/h7-8,17,22H,3,5-6,9-16,18-19H2,1-2,4H3,(H2,27,28,29);1H. The minimum atomic E-state index is -0.148. The molecule has 0 radical (unpaired) electrons. The third kappa shape index (κ3) is 8.72. The van der Waals surface area contributed by atoms with Gasteiger partial charge in [0.15, 0.2) is 5.96 Å².